The lowest BCUT2D eigenvalue weighted by molar-refractivity contribution is -0.121. The quantitative estimate of drug-likeness (QED) is 0.410. The fourth-order valence-corrected chi connectivity index (χ4v) is 5.39. The summed E-state index contributed by atoms with van der Waals surface area (Å²) in [5.74, 6) is -0.687. The van der Waals surface area contributed by atoms with E-state index in [9.17, 15) is 9.59 Å². The predicted octanol–water partition coefficient (Wildman–Crippen LogP) is 6.41. The number of carbonyl (C=O) groups excluding carboxylic acids is 2. The number of para-hydroxylation sites is 2. The molecule has 2 aliphatic rings. The van der Waals surface area contributed by atoms with Gasteiger partial charge in [0.05, 0.1) is 24.0 Å². The van der Waals surface area contributed by atoms with Crippen LogP contribution < -0.4 is 15.5 Å². The number of allylic oxidation sites excluding steroid dienone is 1. The maximum atomic E-state index is 15.3. The number of halogens is 2. The highest BCUT2D eigenvalue weighted by Gasteiger charge is 2.42. The van der Waals surface area contributed by atoms with Crippen LogP contribution in [0.5, 0.6) is 0 Å². The summed E-state index contributed by atoms with van der Waals surface area (Å²) in [6.45, 7) is 4.40. The van der Waals surface area contributed by atoms with Gasteiger partial charge in [0.2, 0.25) is 5.91 Å². The second kappa shape index (κ2) is 10.0. The first kappa shape index (κ1) is 25.0. The molecule has 0 spiro atoms. The van der Waals surface area contributed by atoms with Crippen molar-refractivity contribution in [3.63, 3.8) is 0 Å². The van der Waals surface area contributed by atoms with E-state index in [1.54, 1.807) is 30.3 Å². The van der Waals surface area contributed by atoms with Gasteiger partial charge < -0.3 is 15.5 Å². The van der Waals surface area contributed by atoms with Crippen LogP contribution >= 0.6 is 11.6 Å². The summed E-state index contributed by atoms with van der Waals surface area (Å²) in [4.78, 5) is 28.8. The molecule has 3 aromatic carbocycles. The fourth-order valence-electron chi connectivity index (χ4n) is 5.26. The molecule has 1 atom stereocenters. The minimum atomic E-state index is -0.753. The van der Waals surface area contributed by atoms with Gasteiger partial charge in [0, 0.05) is 34.8 Å². The van der Waals surface area contributed by atoms with Gasteiger partial charge in [0.1, 0.15) is 5.82 Å². The number of nitrogens with one attached hydrogen (secondary N) is 2. The van der Waals surface area contributed by atoms with E-state index in [1.807, 2.05) is 41.3 Å². The number of carbonyl (C=O) groups is 2. The lowest BCUT2D eigenvalue weighted by Gasteiger charge is -2.38. The number of rotatable bonds is 5. The zero-order valence-corrected chi connectivity index (χ0v) is 21.6. The molecule has 1 unspecified atom stereocenters. The van der Waals surface area contributed by atoms with E-state index in [2.05, 4.69) is 24.5 Å². The van der Waals surface area contributed by atoms with Gasteiger partial charge in [-0.2, -0.15) is 0 Å². The number of ketones is 1. The van der Waals surface area contributed by atoms with E-state index < -0.39 is 11.9 Å². The largest absolute Gasteiger partial charge is 0.357 e. The standard InChI is InChI=1S/C30H29ClFN3O2/c1-30(2)15-24-28(26(36)16-30)29(21-7-3-4-8-22(21)32)35(25-10-6-5-9-23(25)34-24)18-27(37)33-17-19-11-13-20(31)14-12-19/h3-14,29,34H,15-18H2,1-2H3,(H,33,37). The molecule has 1 aliphatic heterocycles. The summed E-state index contributed by atoms with van der Waals surface area (Å²) in [5.41, 5.74) is 3.87. The van der Waals surface area contributed by atoms with Gasteiger partial charge in [-0.15, -0.1) is 0 Å². The molecule has 5 nitrogen and oxygen atoms in total. The van der Waals surface area contributed by atoms with Gasteiger partial charge >= 0.3 is 0 Å². The van der Waals surface area contributed by atoms with E-state index in [-0.39, 0.29) is 23.7 Å². The summed E-state index contributed by atoms with van der Waals surface area (Å²) >= 11 is 5.98. The van der Waals surface area contributed by atoms with Crippen LogP contribution in [0.3, 0.4) is 0 Å². The molecule has 0 saturated heterocycles. The molecule has 2 N–H and O–H groups in total. The lowest BCUT2D eigenvalue weighted by Crippen LogP contribution is -2.42. The Morgan fingerprint density at radius 2 is 1.76 bits per heavy atom. The highest BCUT2D eigenvalue weighted by atomic mass is 35.5. The van der Waals surface area contributed by atoms with Crippen molar-refractivity contribution < 1.29 is 14.0 Å². The summed E-state index contributed by atoms with van der Waals surface area (Å²) in [7, 11) is 0. The van der Waals surface area contributed by atoms with Crippen LogP contribution in [0.15, 0.2) is 84.1 Å². The molecule has 0 fully saturated rings. The van der Waals surface area contributed by atoms with Crippen LogP contribution in [-0.4, -0.2) is 18.2 Å². The number of benzene rings is 3. The van der Waals surface area contributed by atoms with Crippen LogP contribution in [0.25, 0.3) is 0 Å². The molecule has 0 radical (unpaired) electrons. The molecule has 1 heterocycles. The number of hydrogen-bond donors (Lipinski definition) is 2. The van der Waals surface area contributed by atoms with Gasteiger partial charge in [-0.1, -0.05) is 67.9 Å². The first-order valence-corrected chi connectivity index (χ1v) is 12.7. The summed E-state index contributed by atoms with van der Waals surface area (Å²) in [5, 5.41) is 7.07. The van der Waals surface area contributed by atoms with Crippen molar-refractivity contribution in [2.45, 2.75) is 39.3 Å². The van der Waals surface area contributed by atoms with E-state index >= 15 is 4.39 Å². The number of nitrogens with zero attached hydrogens (tertiary/aromatic N) is 1. The zero-order valence-electron chi connectivity index (χ0n) is 20.9. The average molecular weight is 518 g/mol. The van der Waals surface area contributed by atoms with E-state index in [1.165, 1.54) is 6.07 Å². The molecule has 0 bridgehead atoms. The van der Waals surface area contributed by atoms with E-state index in [4.69, 9.17) is 11.6 Å². The third-order valence-corrected chi connectivity index (χ3v) is 7.17. The van der Waals surface area contributed by atoms with Crippen molar-refractivity contribution in [1.82, 2.24) is 5.32 Å². The van der Waals surface area contributed by atoms with Gasteiger partial charge in [0.15, 0.2) is 5.78 Å². The van der Waals surface area contributed by atoms with Crippen LogP contribution in [0.4, 0.5) is 15.8 Å². The summed E-state index contributed by atoms with van der Waals surface area (Å²) in [6.07, 6.45) is 0.995. The van der Waals surface area contributed by atoms with Gasteiger partial charge in [-0.3, -0.25) is 9.59 Å². The Morgan fingerprint density at radius 1 is 1.05 bits per heavy atom. The molecule has 190 valence electrons. The third-order valence-electron chi connectivity index (χ3n) is 6.92. The topological polar surface area (TPSA) is 61.4 Å². The highest BCUT2D eigenvalue weighted by molar-refractivity contribution is 6.30. The number of hydrogen-bond acceptors (Lipinski definition) is 4. The molecular formula is C30H29ClFN3O2. The number of anilines is 2. The van der Waals surface area contributed by atoms with Crippen molar-refractivity contribution in [2.24, 2.45) is 5.41 Å². The Labute approximate surface area is 221 Å². The third kappa shape index (κ3) is 5.25. The Kier molecular flexibility index (Phi) is 6.78. The van der Waals surface area contributed by atoms with Gasteiger partial charge in [-0.25, -0.2) is 4.39 Å². The van der Waals surface area contributed by atoms with Crippen molar-refractivity contribution >= 4 is 34.7 Å². The summed E-state index contributed by atoms with van der Waals surface area (Å²) in [6, 6.07) is 20.6. The number of amides is 1. The second-order valence-electron chi connectivity index (χ2n) is 10.4. The number of Topliss-reactive ketones (excluding diaryl/α,β-unsaturated/α-hetero) is 1. The minimum absolute atomic E-state index is 0.0358. The first-order valence-electron chi connectivity index (χ1n) is 12.4. The van der Waals surface area contributed by atoms with E-state index in [0.29, 0.717) is 35.5 Å². The van der Waals surface area contributed by atoms with Crippen molar-refractivity contribution in [3.05, 3.63) is 106 Å². The van der Waals surface area contributed by atoms with Crippen LogP contribution in [0, 0.1) is 11.2 Å². The first-order chi connectivity index (χ1) is 17.7. The zero-order chi connectivity index (χ0) is 26.2. The maximum absolute atomic E-state index is 15.3. The Balaban J connectivity index is 1.57. The predicted molar refractivity (Wildman–Crippen MR) is 145 cm³/mol. The molecule has 1 amide bonds. The van der Waals surface area contributed by atoms with Crippen molar-refractivity contribution in [3.8, 4) is 0 Å². The minimum Gasteiger partial charge on any atom is -0.357 e. The van der Waals surface area contributed by atoms with Crippen molar-refractivity contribution in [2.75, 3.05) is 16.8 Å². The average Bonchev–Trinajstić information content (AvgIpc) is 2.98. The van der Waals surface area contributed by atoms with Crippen molar-refractivity contribution in [1.29, 1.82) is 0 Å². The Morgan fingerprint density at radius 3 is 2.51 bits per heavy atom. The van der Waals surface area contributed by atoms with Gasteiger partial charge in [0.25, 0.3) is 0 Å². The maximum Gasteiger partial charge on any atom is 0.239 e. The van der Waals surface area contributed by atoms with Gasteiger partial charge in [-0.05, 0) is 47.7 Å². The molecular weight excluding hydrogens is 489 g/mol. The van der Waals surface area contributed by atoms with E-state index in [0.717, 1.165) is 22.6 Å². The lowest BCUT2D eigenvalue weighted by atomic mass is 9.73. The molecule has 7 heteroatoms. The molecule has 3 aromatic rings. The molecule has 1 aliphatic carbocycles. The fraction of sp³-hybridized carbons (Fsp3) is 0.267. The SMILES string of the molecule is CC1(C)CC(=O)C2=C(C1)Nc1ccccc1N(CC(=O)NCc1ccc(Cl)cc1)C2c1ccccc1F. The Bertz CT molecular complexity index is 1380. The molecule has 37 heavy (non-hydrogen) atoms. The monoisotopic (exact) mass is 517 g/mol. The second-order valence-corrected chi connectivity index (χ2v) is 10.9. The highest BCUT2D eigenvalue weighted by Crippen LogP contribution is 2.48. The smallest absolute Gasteiger partial charge is 0.239 e. The molecule has 0 aromatic heterocycles. The normalized spacial score (nSPS) is 18.4. The summed E-state index contributed by atoms with van der Waals surface area (Å²) < 4.78 is 15.3. The Hall–Kier alpha value is -3.64. The van der Waals surface area contributed by atoms with Crippen LogP contribution in [0.2, 0.25) is 5.02 Å². The molecule has 5 rings (SSSR count). The molecule has 0 saturated carbocycles. The number of fused-ring (bicyclic) bond motifs is 1. The van der Waals surface area contributed by atoms with Crippen LogP contribution in [-0.2, 0) is 16.1 Å². The van der Waals surface area contributed by atoms with Crippen LogP contribution in [0.1, 0.15) is 43.9 Å².